The van der Waals surface area contributed by atoms with Crippen molar-refractivity contribution in [2.24, 2.45) is 0 Å². The smallest absolute Gasteiger partial charge is 0.333 e. The number of rotatable bonds is 4. The molecule has 0 fully saturated rings. The summed E-state index contributed by atoms with van der Waals surface area (Å²) < 4.78 is 21.1. The lowest BCUT2D eigenvalue weighted by Gasteiger charge is -2.14. The number of benzene rings is 1. The Balaban J connectivity index is 1.73. The molecule has 3 N–H and O–H groups in total. The van der Waals surface area contributed by atoms with Crippen LogP contribution in [-0.2, 0) is 4.79 Å². The number of hydrogen-bond acceptors (Lipinski definition) is 7. The number of carbonyl (C=O) groups is 1. The molecule has 11 heteroatoms. The standard InChI is InChI=1S/C18H12FN7O3/c19-10-5-3-9(4-6-10)13(17(27)28)25-16-11(8-21-25)15-22-14(12-2-1-7-29-12)24-26(15)18(20)23-16/h1-8,13H,(H2,20,23)(H,27,28). The zero-order valence-corrected chi connectivity index (χ0v) is 14.6. The maximum Gasteiger partial charge on any atom is 0.333 e. The molecule has 1 unspecified atom stereocenters. The number of hydrogen-bond donors (Lipinski definition) is 2. The van der Waals surface area contributed by atoms with Crippen LogP contribution in [0.25, 0.3) is 28.3 Å². The van der Waals surface area contributed by atoms with Gasteiger partial charge in [-0.3, -0.25) is 0 Å². The number of anilines is 1. The summed E-state index contributed by atoms with van der Waals surface area (Å²) in [7, 11) is 0. The van der Waals surface area contributed by atoms with Gasteiger partial charge in [-0.25, -0.2) is 18.9 Å². The van der Waals surface area contributed by atoms with Crippen LogP contribution in [0.4, 0.5) is 10.3 Å². The number of nitrogens with zero attached hydrogens (tertiary/aromatic N) is 6. The second-order valence-electron chi connectivity index (χ2n) is 6.24. The Hall–Kier alpha value is -4.28. The van der Waals surface area contributed by atoms with Crippen LogP contribution >= 0.6 is 0 Å². The maximum absolute atomic E-state index is 13.3. The number of nitrogens with two attached hydrogens (primary N) is 1. The lowest BCUT2D eigenvalue weighted by Crippen LogP contribution is -2.22. The largest absolute Gasteiger partial charge is 0.479 e. The maximum atomic E-state index is 13.3. The van der Waals surface area contributed by atoms with E-state index in [2.05, 4.69) is 20.2 Å². The molecule has 0 amide bonds. The highest BCUT2D eigenvalue weighted by atomic mass is 19.1. The first-order valence-corrected chi connectivity index (χ1v) is 8.44. The van der Waals surface area contributed by atoms with Crippen molar-refractivity contribution in [3.05, 3.63) is 60.2 Å². The summed E-state index contributed by atoms with van der Waals surface area (Å²) in [5, 5.41) is 18.7. The fourth-order valence-electron chi connectivity index (χ4n) is 3.16. The zero-order chi connectivity index (χ0) is 20.1. The number of nitrogen functional groups attached to an aromatic ring is 1. The van der Waals surface area contributed by atoms with Gasteiger partial charge in [0, 0.05) is 0 Å². The summed E-state index contributed by atoms with van der Waals surface area (Å²) >= 11 is 0. The van der Waals surface area contributed by atoms with Crippen LogP contribution in [0.1, 0.15) is 11.6 Å². The Morgan fingerprint density at radius 3 is 2.66 bits per heavy atom. The first kappa shape index (κ1) is 16.9. The Morgan fingerprint density at radius 1 is 1.17 bits per heavy atom. The summed E-state index contributed by atoms with van der Waals surface area (Å²) in [5.41, 5.74) is 6.94. The Morgan fingerprint density at radius 2 is 1.97 bits per heavy atom. The van der Waals surface area contributed by atoms with Crippen molar-refractivity contribution >= 4 is 28.6 Å². The van der Waals surface area contributed by atoms with Crippen LogP contribution in [0.3, 0.4) is 0 Å². The van der Waals surface area contributed by atoms with E-state index in [-0.39, 0.29) is 11.6 Å². The predicted molar refractivity (Wildman–Crippen MR) is 98.4 cm³/mol. The van der Waals surface area contributed by atoms with Crippen molar-refractivity contribution in [1.29, 1.82) is 0 Å². The minimum absolute atomic E-state index is 0.00259. The number of halogens is 1. The first-order valence-electron chi connectivity index (χ1n) is 8.44. The molecule has 0 saturated carbocycles. The number of furan rings is 1. The molecule has 1 aromatic carbocycles. The topological polar surface area (TPSA) is 137 Å². The van der Waals surface area contributed by atoms with Gasteiger partial charge in [-0.15, -0.1) is 5.10 Å². The summed E-state index contributed by atoms with van der Waals surface area (Å²) in [5.74, 6) is -0.899. The molecular formula is C18H12FN7O3. The van der Waals surface area contributed by atoms with Gasteiger partial charge >= 0.3 is 5.97 Å². The molecule has 29 heavy (non-hydrogen) atoms. The minimum atomic E-state index is -1.23. The second kappa shape index (κ2) is 6.12. The van der Waals surface area contributed by atoms with E-state index >= 15 is 0 Å². The zero-order valence-electron chi connectivity index (χ0n) is 14.6. The molecule has 0 aliphatic heterocycles. The number of aliphatic carboxylic acids is 1. The third kappa shape index (κ3) is 2.59. The number of aromatic nitrogens is 6. The van der Waals surface area contributed by atoms with Gasteiger partial charge < -0.3 is 15.3 Å². The van der Waals surface area contributed by atoms with E-state index in [1.807, 2.05) is 0 Å². The molecule has 0 aliphatic carbocycles. The summed E-state index contributed by atoms with van der Waals surface area (Å²) in [4.78, 5) is 20.7. The normalized spacial score (nSPS) is 12.6. The van der Waals surface area contributed by atoms with Crippen molar-refractivity contribution in [2.75, 3.05) is 5.73 Å². The molecule has 5 aromatic rings. The van der Waals surface area contributed by atoms with Crippen LogP contribution in [0.15, 0.2) is 53.3 Å². The summed E-state index contributed by atoms with van der Waals surface area (Å²) in [6.07, 6.45) is 2.94. The van der Waals surface area contributed by atoms with Gasteiger partial charge in [0.15, 0.2) is 23.1 Å². The van der Waals surface area contributed by atoms with Crippen LogP contribution in [0.5, 0.6) is 0 Å². The van der Waals surface area contributed by atoms with Gasteiger partial charge in [0.25, 0.3) is 0 Å². The molecule has 144 valence electrons. The van der Waals surface area contributed by atoms with E-state index in [1.165, 1.54) is 45.9 Å². The molecule has 0 spiro atoms. The average molecular weight is 393 g/mol. The molecule has 10 nitrogen and oxygen atoms in total. The van der Waals surface area contributed by atoms with E-state index in [4.69, 9.17) is 10.2 Å². The van der Waals surface area contributed by atoms with Crippen molar-refractivity contribution in [1.82, 2.24) is 29.4 Å². The molecular weight excluding hydrogens is 381 g/mol. The monoisotopic (exact) mass is 393 g/mol. The van der Waals surface area contributed by atoms with Gasteiger partial charge in [-0.2, -0.15) is 14.6 Å². The van der Waals surface area contributed by atoms with Gasteiger partial charge in [-0.1, -0.05) is 12.1 Å². The summed E-state index contributed by atoms with van der Waals surface area (Å²) in [6.45, 7) is 0. The van der Waals surface area contributed by atoms with Crippen molar-refractivity contribution in [2.45, 2.75) is 6.04 Å². The van der Waals surface area contributed by atoms with Gasteiger partial charge in [0.2, 0.25) is 11.8 Å². The predicted octanol–water partition coefficient (Wildman–Crippen LogP) is 2.13. The van der Waals surface area contributed by atoms with E-state index in [0.29, 0.717) is 28.2 Å². The molecule has 1 atom stereocenters. The van der Waals surface area contributed by atoms with Crippen LogP contribution in [0.2, 0.25) is 0 Å². The molecule has 0 saturated heterocycles. The highest BCUT2D eigenvalue weighted by Crippen LogP contribution is 2.27. The highest BCUT2D eigenvalue weighted by Gasteiger charge is 2.27. The Bertz CT molecular complexity index is 1360. The minimum Gasteiger partial charge on any atom is -0.479 e. The third-order valence-corrected chi connectivity index (χ3v) is 4.46. The van der Waals surface area contributed by atoms with Gasteiger partial charge in [-0.05, 0) is 29.8 Å². The van der Waals surface area contributed by atoms with Crippen molar-refractivity contribution < 1.29 is 18.7 Å². The molecule has 0 bridgehead atoms. The van der Waals surface area contributed by atoms with E-state index in [9.17, 15) is 14.3 Å². The average Bonchev–Trinajstić information content (AvgIpc) is 3.42. The number of carboxylic acid groups (broad SMARTS) is 1. The van der Waals surface area contributed by atoms with Crippen molar-refractivity contribution in [3.8, 4) is 11.6 Å². The van der Waals surface area contributed by atoms with E-state index < -0.39 is 17.8 Å². The lowest BCUT2D eigenvalue weighted by atomic mass is 10.1. The number of fused-ring (bicyclic) bond motifs is 3. The molecule has 0 aliphatic rings. The number of carboxylic acids is 1. The van der Waals surface area contributed by atoms with Crippen molar-refractivity contribution in [3.63, 3.8) is 0 Å². The Kier molecular flexibility index (Phi) is 3.56. The fourth-order valence-corrected chi connectivity index (χ4v) is 3.16. The van der Waals surface area contributed by atoms with Gasteiger partial charge in [0.1, 0.15) is 5.82 Å². The fraction of sp³-hybridized carbons (Fsp3) is 0.0556. The van der Waals surface area contributed by atoms with Gasteiger partial charge in [0.05, 0.1) is 17.8 Å². The molecule has 5 rings (SSSR count). The van der Waals surface area contributed by atoms with E-state index in [0.717, 1.165) is 0 Å². The Labute approximate surface area is 161 Å². The molecule has 0 radical (unpaired) electrons. The third-order valence-electron chi connectivity index (χ3n) is 4.46. The molecule has 4 heterocycles. The molecule has 4 aromatic heterocycles. The first-order chi connectivity index (χ1) is 14.0. The lowest BCUT2D eigenvalue weighted by molar-refractivity contribution is -0.139. The van der Waals surface area contributed by atoms with Crippen LogP contribution < -0.4 is 5.73 Å². The van der Waals surface area contributed by atoms with Crippen LogP contribution in [-0.4, -0.2) is 40.4 Å². The quantitative estimate of drug-likeness (QED) is 0.474. The second-order valence-corrected chi connectivity index (χ2v) is 6.24. The summed E-state index contributed by atoms with van der Waals surface area (Å²) in [6, 6.07) is 7.32. The van der Waals surface area contributed by atoms with Crippen LogP contribution in [0, 0.1) is 5.82 Å². The SMILES string of the molecule is Nc1nc2c(cnn2C(C(=O)O)c2ccc(F)cc2)c2nc(-c3ccco3)nn12. The highest BCUT2D eigenvalue weighted by molar-refractivity contribution is 5.91. The van der Waals surface area contributed by atoms with E-state index in [1.54, 1.807) is 12.1 Å².